The minimum atomic E-state index is 0.455. The molecule has 0 amide bonds. The predicted octanol–water partition coefficient (Wildman–Crippen LogP) is 0.845. The Morgan fingerprint density at radius 2 is 2.50 bits per heavy atom. The summed E-state index contributed by atoms with van der Waals surface area (Å²) in [5.74, 6) is 1.98. The minimum Gasteiger partial charge on any atom is -0.340 e. The van der Waals surface area contributed by atoms with Gasteiger partial charge in [0.1, 0.15) is 0 Å². The van der Waals surface area contributed by atoms with E-state index in [1.165, 1.54) is 12.8 Å². The second-order valence-corrected chi connectivity index (χ2v) is 3.21. The van der Waals surface area contributed by atoms with Gasteiger partial charge in [0.2, 0.25) is 5.89 Å². The third-order valence-corrected chi connectivity index (χ3v) is 2.21. The highest BCUT2D eigenvalue weighted by atomic mass is 16.5. The molecule has 1 aliphatic rings. The summed E-state index contributed by atoms with van der Waals surface area (Å²) in [7, 11) is 0. The van der Waals surface area contributed by atoms with Crippen LogP contribution >= 0.6 is 0 Å². The molecule has 0 spiro atoms. The Morgan fingerprint density at radius 3 is 3.08 bits per heavy atom. The summed E-state index contributed by atoms with van der Waals surface area (Å²) in [5.41, 5.74) is 0. The van der Waals surface area contributed by atoms with Crippen LogP contribution in [0.15, 0.2) is 4.52 Å². The van der Waals surface area contributed by atoms with Gasteiger partial charge >= 0.3 is 0 Å². The zero-order valence-corrected chi connectivity index (χ0v) is 7.21. The van der Waals surface area contributed by atoms with E-state index in [9.17, 15) is 0 Å². The summed E-state index contributed by atoms with van der Waals surface area (Å²) in [5, 5.41) is 7.23. The van der Waals surface area contributed by atoms with E-state index < -0.39 is 0 Å². The molecule has 66 valence electrons. The highest BCUT2D eigenvalue weighted by Gasteiger charge is 2.19. The van der Waals surface area contributed by atoms with Crippen molar-refractivity contribution in [2.75, 3.05) is 13.1 Å². The second-order valence-electron chi connectivity index (χ2n) is 3.21. The summed E-state index contributed by atoms with van der Waals surface area (Å²) in [6.45, 7) is 3.93. The quantitative estimate of drug-likeness (QED) is 0.673. The van der Waals surface area contributed by atoms with Gasteiger partial charge in [-0.25, -0.2) is 0 Å². The first-order valence-electron chi connectivity index (χ1n) is 4.37. The lowest BCUT2D eigenvalue weighted by Gasteiger charge is -2.19. The Labute approximate surface area is 71.4 Å². The summed E-state index contributed by atoms with van der Waals surface area (Å²) < 4.78 is 4.93. The molecule has 1 N–H and O–H groups in total. The first kappa shape index (κ1) is 7.73. The van der Waals surface area contributed by atoms with Gasteiger partial charge in [-0.3, -0.25) is 0 Å². The fourth-order valence-corrected chi connectivity index (χ4v) is 1.55. The molecule has 12 heavy (non-hydrogen) atoms. The highest BCUT2D eigenvalue weighted by Crippen LogP contribution is 2.19. The molecule has 1 saturated heterocycles. The molecule has 1 aliphatic heterocycles. The van der Waals surface area contributed by atoms with Crippen LogP contribution in [0.25, 0.3) is 0 Å². The van der Waals surface area contributed by atoms with Gasteiger partial charge in [-0.1, -0.05) is 5.16 Å². The molecule has 4 heteroatoms. The fraction of sp³-hybridized carbons (Fsp3) is 0.750. The zero-order chi connectivity index (χ0) is 8.39. The van der Waals surface area contributed by atoms with Gasteiger partial charge in [-0.15, -0.1) is 0 Å². The van der Waals surface area contributed by atoms with E-state index in [4.69, 9.17) is 4.52 Å². The molecule has 0 unspecified atom stereocenters. The van der Waals surface area contributed by atoms with E-state index in [1.807, 2.05) is 6.92 Å². The fourth-order valence-electron chi connectivity index (χ4n) is 1.55. The van der Waals surface area contributed by atoms with E-state index in [0.29, 0.717) is 11.8 Å². The van der Waals surface area contributed by atoms with Crippen molar-refractivity contribution >= 4 is 0 Å². The Hall–Kier alpha value is -0.900. The molecule has 0 aliphatic carbocycles. The van der Waals surface area contributed by atoms with Gasteiger partial charge in [-0.2, -0.15) is 4.98 Å². The zero-order valence-electron chi connectivity index (χ0n) is 7.21. The summed E-state index contributed by atoms with van der Waals surface area (Å²) in [4.78, 5) is 4.22. The number of hydrogen-bond donors (Lipinski definition) is 1. The van der Waals surface area contributed by atoms with Crippen molar-refractivity contribution in [3.8, 4) is 0 Å². The molecule has 0 aromatic carbocycles. The van der Waals surface area contributed by atoms with Crippen LogP contribution in [0, 0.1) is 6.92 Å². The third-order valence-electron chi connectivity index (χ3n) is 2.21. The van der Waals surface area contributed by atoms with Crippen LogP contribution in [0.2, 0.25) is 0 Å². The number of rotatable bonds is 1. The van der Waals surface area contributed by atoms with Crippen LogP contribution in [0.3, 0.4) is 0 Å². The smallest absolute Gasteiger partial charge is 0.223 e. The summed E-state index contributed by atoms with van der Waals surface area (Å²) in [6.07, 6.45) is 2.38. The van der Waals surface area contributed by atoms with Crippen molar-refractivity contribution in [1.29, 1.82) is 0 Å². The van der Waals surface area contributed by atoms with Crippen LogP contribution in [0.1, 0.15) is 30.5 Å². The second kappa shape index (κ2) is 3.23. The lowest BCUT2D eigenvalue weighted by molar-refractivity contribution is 0.371. The number of piperidine rings is 1. The molecule has 0 radical (unpaired) electrons. The van der Waals surface area contributed by atoms with Crippen LogP contribution in [0.5, 0.6) is 0 Å². The van der Waals surface area contributed by atoms with E-state index in [0.717, 1.165) is 18.9 Å². The monoisotopic (exact) mass is 167 g/mol. The standard InChI is InChI=1S/C8H13N3O/c1-6-10-8(11-12-6)7-3-2-4-9-5-7/h7,9H,2-5H2,1H3/t7-/m0/s1. The Kier molecular flexibility index (Phi) is 2.08. The van der Waals surface area contributed by atoms with Crippen molar-refractivity contribution in [3.05, 3.63) is 11.7 Å². The van der Waals surface area contributed by atoms with Gasteiger partial charge in [0.25, 0.3) is 0 Å². The molecular formula is C8H13N3O. The van der Waals surface area contributed by atoms with Gasteiger partial charge in [-0.05, 0) is 19.4 Å². The van der Waals surface area contributed by atoms with Gasteiger partial charge in [0.15, 0.2) is 5.82 Å². The molecular weight excluding hydrogens is 154 g/mol. The van der Waals surface area contributed by atoms with Crippen LogP contribution < -0.4 is 5.32 Å². The van der Waals surface area contributed by atoms with Crippen molar-refractivity contribution in [1.82, 2.24) is 15.5 Å². The lowest BCUT2D eigenvalue weighted by Crippen LogP contribution is -2.28. The SMILES string of the molecule is Cc1nc([C@H]2CCCNC2)no1. The van der Waals surface area contributed by atoms with Gasteiger partial charge in [0, 0.05) is 19.4 Å². The van der Waals surface area contributed by atoms with E-state index in [2.05, 4.69) is 15.5 Å². The molecule has 1 aromatic heterocycles. The first-order valence-corrected chi connectivity index (χ1v) is 4.37. The number of aromatic nitrogens is 2. The first-order chi connectivity index (χ1) is 5.86. The number of hydrogen-bond acceptors (Lipinski definition) is 4. The van der Waals surface area contributed by atoms with Crippen molar-refractivity contribution < 1.29 is 4.52 Å². The summed E-state index contributed by atoms with van der Waals surface area (Å²) in [6, 6.07) is 0. The predicted molar refractivity (Wildman–Crippen MR) is 43.9 cm³/mol. The maximum Gasteiger partial charge on any atom is 0.223 e. The molecule has 1 atom stereocenters. The average Bonchev–Trinajstić information content (AvgIpc) is 2.54. The number of nitrogens with one attached hydrogen (secondary N) is 1. The number of nitrogens with zero attached hydrogens (tertiary/aromatic N) is 2. The van der Waals surface area contributed by atoms with Gasteiger partial charge in [0.05, 0.1) is 0 Å². The Morgan fingerprint density at radius 1 is 1.58 bits per heavy atom. The van der Waals surface area contributed by atoms with E-state index >= 15 is 0 Å². The normalized spacial score (nSPS) is 24.2. The molecule has 0 bridgehead atoms. The third kappa shape index (κ3) is 1.48. The van der Waals surface area contributed by atoms with Gasteiger partial charge < -0.3 is 9.84 Å². The Bertz CT molecular complexity index is 253. The molecule has 2 rings (SSSR count). The minimum absolute atomic E-state index is 0.455. The highest BCUT2D eigenvalue weighted by molar-refractivity contribution is 4.97. The number of aryl methyl sites for hydroxylation is 1. The van der Waals surface area contributed by atoms with Crippen LogP contribution in [-0.4, -0.2) is 23.2 Å². The maximum atomic E-state index is 4.93. The van der Waals surface area contributed by atoms with Crippen molar-refractivity contribution in [2.45, 2.75) is 25.7 Å². The molecule has 1 aromatic rings. The topological polar surface area (TPSA) is 51.0 Å². The molecule has 0 saturated carbocycles. The largest absolute Gasteiger partial charge is 0.340 e. The molecule has 1 fully saturated rings. The maximum absolute atomic E-state index is 4.93. The lowest BCUT2D eigenvalue weighted by atomic mass is 9.99. The van der Waals surface area contributed by atoms with Crippen molar-refractivity contribution in [3.63, 3.8) is 0 Å². The molecule has 2 heterocycles. The molecule has 4 nitrogen and oxygen atoms in total. The van der Waals surface area contributed by atoms with E-state index in [1.54, 1.807) is 0 Å². The summed E-state index contributed by atoms with van der Waals surface area (Å²) >= 11 is 0. The average molecular weight is 167 g/mol. The van der Waals surface area contributed by atoms with Crippen molar-refractivity contribution in [2.24, 2.45) is 0 Å². The van der Waals surface area contributed by atoms with Crippen LogP contribution in [0.4, 0.5) is 0 Å². The Balaban J connectivity index is 2.08. The van der Waals surface area contributed by atoms with E-state index in [-0.39, 0.29) is 0 Å². The van der Waals surface area contributed by atoms with Crippen LogP contribution in [-0.2, 0) is 0 Å².